The number of aryl methyl sites for hydroxylation is 1. The predicted molar refractivity (Wildman–Crippen MR) is 79.2 cm³/mol. The Morgan fingerprint density at radius 1 is 1.29 bits per heavy atom. The molecule has 2 aliphatic heterocycles. The quantitative estimate of drug-likeness (QED) is 0.885. The van der Waals surface area contributed by atoms with E-state index in [9.17, 15) is 8.42 Å². The van der Waals surface area contributed by atoms with Crippen LogP contribution in [0.2, 0.25) is 0 Å². The Hall–Kier alpha value is -1.42. The minimum Gasteiger partial charge on any atom is -0.311 e. The first-order chi connectivity index (χ1) is 9.98. The molecule has 6 heteroatoms. The van der Waals surface area contributed by atoms with Crippen molar-refractivity contribution in [3.05, 3.63) is 29.3 Å². The predicted octanol–water partition coefficient (Wildman–Crippen LogP) is 1.43. The first-order valence-electron chi connectivity index (χ1n) is 7.27. The van der Waals surface area contributed by atoms with E-state index in [1.54, 1.807) is 19.1 Å². The van der Waals surface area contributed by atoms with Gasteiger partial charge in [-0.25, -0.2) is 13.1 Å². The third kappa shape index (κ3) is 2.95. The maximum Gasteiger partial charge on any atom is 0.241 e. The highest BCUT2D eigenvalue weighted by molar-refractivity contribution is 7.89. The van der Waals surface area contributed by atoms with Gasteiger partial charge in [-0.05, 0) is 56.4 Å². The number of fused-ring (bicyclic) bond motifs is 2. The highest BCUT2D eigenvalue weighted by Gasteiger charge is 2.35. The lowest BCUT2D eigenvalue weighted by molar-refractivity contribution is 0.345. The molecule has 1 aromatic rings. The van der Waals surface area contributed by atoms with Gasteiger partial charge >= 0.3 is 0 Å². The minimum atomic E-state index is -3.52. The highest BCUT2D eigenvalue weighted by Crippen LogP contribution is 2.28. The molecule has 0 amide bonds. The van der Waals surface area contributed by atoms with Crippen molar-refractivity contribution in [3.63, 3.8) is 0 Å². The van der Waals surface area contributed by atoms with Crippen molar-refractivity contribution < 1.29 is 8.42 Å². The smallest absolute Gasteiger partial charge is 0.241 e. The van der Waals surface area contributed by atoms with Crippen molar-refractivity contribution in [3.8, 4) is 6.07 Å². The molecule has 2 bridgehead atoms. The molecule has 2 saturated heterocycles. The number of nitrogens with one attached hydrogen (secondary N) is 2. The van der Waals surface area contributed by atoms with Gasteiger partial charge in [-0.3, -0.25) is 0 Å². The summed E-state index contributed by atoms with van der Waals surface area (Å²) in [6, 6.07) is 7.59. The molecular formula is C15H19N3O2S. The molecule has 21 heavy (non-hydrogen) atoms. The molecule has 0 spiro atoms. The molecule has 5 nitrogen and oxygen atoms in total. The van der Waals surface area contributed by atoms with E-state index < -0.39 is 10.0 Å². The lowest BCUT2D eigenvalue weighted by Gasteiger charge is -2.29. The van der Waals surface area contributed by atoms with Crippen LogP contribution in [0.1, 0.15) is 36.8 Å². The van der Waals surface area contributed by atoms with Gasteiger partial charge in [-0.15, -0.1) is 0 Å². The second kappa shape index (κ2) is 5.41. The van der Waals surface area contributed by atoms with Gasteiger partial charge < -0.3 is 5.32 Å². The number of piperidine rings is 1. The molecule has 2 aliphatic rings. The van der Waals surface area contributed by atoms with E-state index in [0.717, 1.165) is 25.7 Å². The van der Waals surface area contributed by atoms with Crippen molar-refractivity contribution in [2.75, 3.05) is 0 Å². The number of benzene rings is 1. The van der Waals surface area contributed by atoms with E-state index in [1.165, 1.54) is 6.07 Å². The molecule has 0 aliphatic carbocycles. The summed E-state index contributed by atoms with van der Waals surface area (Å²) in [7, 11) is -3.52. The van der Waals surface area contributed by atoms with E-state index in [4.69, 9.17) is 5.26 Å². The molecule has 2 fully saturated rings. The highest BCUT2D eigenvalue weighted by atomic mass is 32.2. The molecule has 2 heterocycles. The Balaban J connectivity index is 1.79. The Kier molecular flexibility index (Phi) is 3.74. The number of hydrogen-bond donors (Lipinski definition) is 2. The Labute approximate surface area is 125 Å². The van der Waals surface area contributed by atoms with E-state index in [0.29, 0.717) is 23.2 Å². The number of rotatable bonds is 3. The van der Waals surface area contributed by atoms with Crippen molar-refractivity contribution in [1.29, 1.82) is 5.26 Å². The SMILES string of the molecule is Cc1cc(C#N)ccc1S(=O)(=O)NC1CC2CCC(C1)N2. The Morgan fingerprint density at radius 3 is 2.52 bits per heavy atom. The van der Waals surface area contributed by atoms with E-state index in [-0.39, 0.29) is 10.9 Å². The summed E-state index contributed by atoms with van der Waals surface area (Å²) in [6.07, 6.45) is 3.98. The molecule has 112 valence electrons. The Morgan fingerprint density at radius 2 is 1.95 bits per heavy atom. The van der Waals surface area contributed by atoms with Gasteiger partial charge in [0.1, 0.15) is 0 Å². The van der Waals surface area contributed by atoms with Gasteiger partial charge in [-0.1, -0.05) is 0 Å². The monoisotopic (exact) mass is 305 g/mol. The second-order valence-electron chi connectivity index (χ2n) is 6.02. The van der Waals surface area contributed by atoms with Crippen LogP contribution in [0.15, 0.2) is 23.1 Å². The number of sulfonamides is 1. The largest absolute Gasteiger partial charge is 0.311 e. The average Bonchev–Trinajstić information content (AvgIpc) is 2.77. The number of nitrogens with zero attached hydrogens (tertiary/aromatic N) is 1. The second-order valence-corrected chi connectivity index (χ2v) is 7.70. The molecule has 2 unspecified atom stereocenters. The summed E-state index contributed by atoms with van der Waals surface area (Å²) < 4.78 is 27.9. The molecule has 0 saturated carbocycles. The molecule has 1 aromatic carbocycles. The van der Waals surface area contributed by atoms with Gasteiger partial charge in [-0.2, -0.15) is 5.26 Å². The Bertz CT molecular complexity index is 681. The molecular weight excluding hydrogens is 286 g/mol. The fourth-order valence-electron chi connectivity index (χ4n) is 3.46. The normalized spacial score (nSPS) is 28.3. The van der Waals surface area contributed by atoms with Crippen LogP contribution in [0.5, 0.6) is 0 Å². The third-order valence-corrected chi connectivity index (χ3v) is 6.07. The van der Waals surface area contributed by atoms with Crippen LogP contribution < -0.4 is 10.0 Å². The van der Waals surface area contributed by atoms with Crippen LogP contribution in [0.25, 0.3) is 0 Å². The van der Waals surface area contributed by atoms with Crippen LogP contribution in [-0.2, 0) is 10.0 Å². The van der Waals surface area contributed by atoms with Crippen LogP contribution in [-0.4, -0.2) is 26.5 Å². The number of hydrogen-bond acceptors (Lipinski definition) is 4. The van der Waals surface area contributed by atoms with Crippen LogP contribution in [0.4, 0.5) is 0 Å². The van der Waals surface area contributed by atoms with E-state index in [1.807, 2.05) is 6.07 Å². The standard InChI is InChI=1S/C15H19N3O2S/c1-10-6-11(9-16)2-5-15(10)21(19,20)18-14-7-12-3-4-13(8-14)17-12/h2,5-6,12-14,17-18H,3-4,7-8H2,1H3. The number of nitriles is 1. The third-order valence-electron chi connectivity index (χ3n) is 4.39. The van der Waals surface area contributed by atoms with E-state index >= 15 is 0 Å². The zero-order valence-electron chi connectivity index (χ0n) is 12.0. The van der Waals surface area contributed by atoms with E-state index in [2.05, 4.69) is 10.0 Å². The van der Waals surface area contributed by atoms with Crippen LogP contribution >= 0.6 is 0 Å². The molecule has 0 radical (unpaired) electrons. The van der Waals surface area contributed by atoms with Crippen LogP contribution in [0, 0.1) is 18.3 Å². The molecule has 2 N–H and O–H groups in total. The zero-order valence-corrected chi connectivity index (χ0v) is 12.8. The summed E-state index contributed by atoms with van der Waals surface area (Å²) in [5.74, 6) is 0. The average molecular weight is 305 g/mol. The minimum absolute atomic E-state index is 0.00351. The summed E-state index contributed by atoms with van der Waals surface area (Å²) in [5.41, 5.74) is 1.09. The van der Waals surface area contributed by atoms with Gasteiger partial charge in [0.2, 0.25) is 10.0 Å². The summed E-state index contributed by atoms with van der Waals surface area (Å²) >= 11 is 0. The van der Waals surface area contributed by atoms with Crippen molar-refractivity contribution in [2.24, 2.45) is 0 Å². The molecule has 0 aromatic heterocycles. The summed E-state index contributed by atoms with van der Waals surface area (Å²) in [6.45, 7) is 1.72. The van der Waals surface area contributed by atoms with Gasteiger partial charge in [0.15, 0.2) is 0 Å². The van der Waals surface area contributed by atoms with Gasteiger partial charge in [0, 0.05) is 18.1 Å². The maximum atomic E-state index is 12.5. The van der Waals surface area contributed by atoms with Crippen LogP contribution in [0.3, 0.4) is 0 Å². The van der Waals surface area contributed by atoms with Crippen molar-refractivity contribution in [1.82, 2.24) is 10.0 Å². The zero-order chi connectivity index (χ0) is 15.0. The lowest BCUT2D eigenvalue weighted by atomic mass is 10.0. The lowest BCUT2D eigenvalue weighted by Crippen LogP contribution is -2.48. The van der Waals surface area contributed by atoms with Gasteiger partial charge in [0.25, 0.3) is 0 Å². The van der Waals surface area contributed by atoms with Gasteiger partial charge in [0.05, 0.1) is 16.5 Å². The molecule has 2 atom stereocenters. The van der Waals surface area contributed by atoms with Crippen molar-refractivity contribution >= 4 is 10.0 Å². The fourth-order valence-corrected chi connectivity index (χ4v) is 4.95. The first kappa shape index (κ1) is 14.5. The molecule has 3 rings (SSSR count). The van der Waals surface area contributed by atoms with Crippen molar-refractivity contribution in [2.45, 2.75) is 55.6 Å². The fraction of sp³-hybridized carbons (Fsp3) is 0.533. The maximum absolute atomic E-state index is 12.5. The summed E-state index contributed by atoms with van der Waals surface area (Å²) in [4.78, 5) is 0.271. The topological polar surface area (TPSA) is 82.0 Å². The summed E-state index contributed by atoms with van der Waals surface area (Å²) in [5, 5.41) is 12.4. The first-order valence-corrected chi connectivity index (χ1v) is 8.75.